The van der Waals surface area contributed by atoms with Gasteiger partial charge >= 0.3 is 11.9 Å². The molecule has 0 aromatic carbocycles. The summed E-state index contributed by atoms with van der Waals surface area (Å²) < 4.78 is 11.7. The van der Waals surface area contributed by atoms with Gasteiger partial charge < -0.3 is 24.3 Å². The van der Waals surface area contributed by atoms with Crippen molar-refractivity contribution < 1.29 is 28.7 Å². The van der Waals surface area contributed by atoms with Crippen LogP contribution < -0.4 is 5.32 Å². The molecule has 0 aliphatic rings. The van der Waals surface area contributed by atoms with Crippen LogP contribution in [0.3, 0.4) is 0 Å². The molecule has 1 rings (SSSR count). The highest BCUT2D eigenvalue weighted by molar-refractivity contribution is 5.91. The van der Waals surface area contributed by atoms with E-state index >= 15 is 0 Å². The van der Waals surface area contributed by atoms with E-state index < -0.39 is 30.0 Å². The summed E-state index contributed by atoms with van der Waals surface area (Å²) >= 11 is 0. The van der Waals surface area contributed by atoms with Gasteiger partial charge in [0.25, 0.3) is 5.91 Å². The minimum atomic E-state index is -0.622. The smallest absolute Gasteiger partial charge is 0.339 e. The fourth-order valence-corrected chi connectivity index (χ4v) is 2.65. The second-order valence-electron chi connectivity index (χ2n) is 7.80. The molecule has 0 spiro atoms. The molecular weight excluding hydrogens is 378 g/mol. The molecule has 1 aromatic heterocycles. The molecule has 1 heterocycles. The van der Waals surface area contributed by atoms with Crippen molar-refractivity contribution in [2.45, 2.75) is 53.6 Å². The number of carbonyl (C=O) groups is 4. The zero-order valence-electron chi connectivity index (χ0n) is 18.2. The number of nitrogens with zero attached hydrogens (tertiary/aromatic N) is 2. The molecule has 0 unspecified atom stereocenters. The van der Waals surface area contributed by atoms with E-state index in [1.54, 1.807) is 31.4 Å². The van der Waals surface area contributed by atoms with Crippen LogP contribution in [0.5, 0.6) is 0 Å². The number of nitrogens with one attached hydrogen (secondary N) is 1. The van der Waals surface area contributed by atoms with Crippen molar-refractivity contribution in [2.75, 3.05) is 26.8 Å². The Morgan fingerprint density at radius 1 is 1.14 bits per heavy atom. The number of carbonyl (C=O) groups excluding carboxylic acids is 4. The molecule has 0 aliphatic heterocycles. The summed E-state index contributed by atoms with van der Waals surface area (Å²) in [5.74, 6) is -1.87. The normalized spacial score (nSPS) is 11.0. The van der Waals surface area contributed by atoms with Gasteiger partial charge in [-0.25, -0.2) is 4.79 Å². The monoisotopic (exact) mass is 409 g/mol. The first kappa shape index (κ1) is 24.2. The number of rotatable bonds is 8. The lowest BCUT2D eigenvalue weighted by Gasteiger charge is -2.23. The van der Waals surface area contributed by atoms with Gasteiger partial charge in [-0.05, 0) is 47.6 Å². The van der Waals surface area contributed by atoms with Crippen LogP contribution in [-0.4, -0.2) is 65.6 Å². The van der Waals surface area contributed by atoms with Crippen molar-refractivity contribution in [3.63, 3.8) is 0 Å². The zero-order chi connectivity index (χ0) is 22.4. The van der Waals surface area contributed by atoms with Crippen LogP contribution in [0.2, 0.25) is 0 Å². The maximum absolute atomic E-state index is 12.1. The van der Waals surface area contributed by atoms with Gasteiger partial charge in [0.2, 0.25) is 5.91 Å². The number of aromatic nitrogens is 1. The number of amides is 2. The summed E-state index contributed by atoms with van der Waals surface area (Å²) in [4.78, 5) is 49.3. The molecule has 162 valence electrons. The Kier molecular flexibility index (Phi) is 8.42. The van der Waals surface area contributed by atoms with Gasteiger partial charge in [-0.3, -0.25) is 14.4 Å². The minimum absolute atomic E-state index is 0.133. The van der Waals surface area contributed by atoms with Crippen LogP contribution in [0.25, 0.3) is 0 Å². The molecule has 0 aliphatic carbocycles. The first-order valence-corrected chi connectivity index (χ1v) is 9.40. The summed E-state index contributed by atoms with van der Waals surface area (Å²) in [5, 5.41) is 2.75. The Morgan fingerprint density at radius 2 is 1.76 bits per heavy atom. The van der Waals surface area contributed by atoms with Crippen LogP contribution in [0, 0.1) is 13.8 Å². The lowest BCUT2D eigenvalue weighted by Crippen LogP contribution is -2.47. The average molecular weight is 409 g/mol. The quantitative estimate of drug-likeness (QED) is 0.647. The van der Waals surface area contributed by atoms with Gasteiger partial charge in [0.05, 0.1) is 18.7 Å². The van der Waals surface area contributed by atoms with Gasteiger partial charge in [0.15, 0.2) is 6.61 Å². The van der Waals surface area contributed by atoms with E-state index in [0.29, 0.717) is 17.0 Å². The summed E-state index contributed by atoms with van der Waals surface area (Å²) in [6, 6.07) is 1.65. The minimum Gasteiger partial charge on any atom is -0.462 e. The lowest BCUT2D eigenvalue weighted by atomic mass is 10.1. The Morgan fingerprint density at radius 3 is 2.31 bits per heavy atom. The van der Waals surface area contributed by atoms with Crippen molar-refractivity contribution in [3.8, 4) is 0 Å². The molecule has 9 nitrogen and oxygen atoms in total. The van der Waals surface area contributed by atoms with Crippen LogP contribution in [0.1, 0.15) is 49.4 Å². The summed E-state index contributed by atoms with van der Waals surface area (Å²) in [7, 11) is 1.46. The van der Waals surface area contributed by atoms with Crippen molar-refractivity contribution >= 4 is 23.8 Å². The number of hydrogen-bond acceptors (Lipinski definition) is 6. The van der Waals surface area contributed by atoms with Crippen LogP contribution in [-0.2, 0) is 30.4 Å². The van der Waals surface area contributed by atoms with Crippen molar-refractivity contribution in [1.82, 2.24) is 14.8 Å². The van der Waals surface area contributed by atoms with Crippen LogP contribution >= 0.6 is 0 Å². The van der Waals surface area contributed by atoms with E-state index in [9.17, 15) is 19.2 Å². The second kappa shape index (κ2) is 10.1. The Labute approximate surface area is 171 Å². The van der Waals surface area contributed by atoms with Gasteiger partial charge in [0, 0.05) is 24.0 Å². The number of esters is 2. The second-order valence-corrected chi connectivity index (χ2v) is 7.80. The molecule has 29 heavy (non-hydrogen) atoms. The third-order valence-electron chi connectivity index (χ3n) is 4.03. The van der Waals surface area contributed by atoms with E-state index in [2.05, 4.69) is 5.32 Å². The van der Waals surface area contributed by atoms with Crippen LogP contribution in [0.4, 0.5) is 0 Å². The maximum atomic E-state index is 12.1. The molecule has 2 amide bonds. The molecule has 0 saturated heterocycles. The van der Waals surface area contributed by atoms with E-state index in [4.69, 9.17) is 9.47 Å². The number of likely N-dealkylation sites (N-methyl/N-ethyl adjacent to an activating group) is 1. The first-order valence-electron chi connectivity index (χ1n) is 9.40. The zero-order valence-corrected chi connectivity index (χ0v) is 18.2. The topological polar surface area (TPSA) is 107 Å². The fraction of sp³-hybridized carbons (Fsp3) is 0.600. The highest BCUT2D eigenvalue weighted by Crippen LogP contribution is 2.16. The fourth-order valence-electron chi connectivity index (χ4n) is 2.65. The number of aryl methyl sites for hydroxylation is 1. The van der Waals surface area contributed by atoms with Gasteiger partial charge in [0.1, 0.15) is 6.54 Å². The Hall–Kier alpha value is -2.84. The molecule has 0 radical (unpaired) electrons. The maximum Gasteiger partial charge on any atom is 0.339 e. The third kappa shape index (κ3) is 7.59. The van der Waals surface area contributed by atoms with Crippen molar-refractivity contribution in [3.05, 3.63) is 23.0 Å². The first-order chi connectivity index (χ1) is 13.4. The SMILES string of the molecule is CCOC(=O)c1cc(C)n(CC(=O)OCC(=O)N(C)CC(=O)NC(C)(C)C)c1C. The van der Waals surface area contributed by atoms with Crippen molar-refractivity contribution in [2.24, 2.45) is 0 Å². The molecule has 9 heteroatoms. The Balaban J connectivity index is 2.60. The molecule has 1 N–H and O–H groups in total. The van der Waals surface area contributed by atoms with E-state index in [1.165, 1.54) is 11.9 Å². The van der Waals surface area contributed by atoms with Gasteiger partial charge in [-0.1, -0.05) is 0 Å². The number of hydrogen-bond donors (Lipinski definition) is 1. The standard InChI is InChI=1S/C20H31N3O6/c1-8-28-19(27)15-9-13(2)23(14(15)3)11-18(26)29-12-17(25)22(7)10-16(24)21-20(4,5)6/h9H,8,10-12H2,1-7H3,(H,21,24). The number of ether oxygens (including phenoxy) is 2. The van der Waals surface area contributed by atoms with Crippen LogP contribution in [0.15, 0.2) is 6.07 Å². The predicted molar refractivity (Wildman–Crippen MR) is 106 cm³/mol. The Bertz CT molecular complexity index is 776. The molecule has 0 fully saturated rings. The highest BCUT2D eigenvalue weighted by atomic mass is 16.5. The van der Waals surface area contributed by atoms with Gasteiger partial charge in [-0.2, -0.15) is 0 Å². The molecule has 1 aromatic rings. The molecule has 0 bridgehead atoms. The predicted octanol–water partition coefficient (Wildman–Crippen LogP) is 1.20. The van der Waals surface area contributed by atoms with Gasteiger partial charge in [-0.15, -0.1) is 0 Å². The average Bonchev–Trinajstić information content (AvgIpc) is 2.86. The molecule has 0 atom stereocenters. The lowest BCUT2D eigenvalue weighted by molar-refractivity contribution is -0.152. The molecule has 0 saturated carbocycles. The van der Waals surface area contributed by atoms with E-state index in [-0.39, 0.29) is 25.6 Å². The summed E-state index contributed by atoms with van der Waals surface area (Å²) in [5.41, 5.74) is 1.27. The van der Waals surface area contributed by atoms with Crippen molar-refractivity contribution in [1.29, 1.82) is 0 Å². The van der Waals surface area contributed by atoms with E-state index in [1.807, 2.05) is 20.8 Å². The van der Waals surface area contributed by atoms with E-state index in [0.717, 1.165) is 0 Å². The molecular formula is C20H31N3O6. The highest BCUT2D eigenvalue weighted by Gasteiger charge is 2.21. The largest absolute Gasteiger partial charge is 0.462 e. The third-order valence-corrected chi connectivity index (χ3v) is 4.03. The summed E-state index contributed by atoms with van der Waals surface area (Å²) in [6.07, 6.45) is 0. The summed E-state index contributed by atoms with van der Waals surface area (Å²) in [6.45, 7) is 10.2.